The van der Waals surface area contributed by atoms with Crippen molar-refractivity contribution in [3.63, 3.8) is 0 Å². The van der Waals surface area contributed by atoms with Crippen molar-refractivity contribution in [2.24, 2.45) is 0 Å². The summed E-state index contributed by atoms with van der Waals surface area (Å²) in [7, 11) is 0. The van der Waals surface area contributed by atoms with Gasteiger partial charge in [0.05, 0.1) is 12.9 Å². The van der Waals surface area contributed by atoms with Crippen LogP contribution in [0.1, 0.15) is 0 Å². The molecule has 3 N–H and O–H groups in total. The van der Waals surface area contributed by atoms with Crippen LogP contribution in [-0.2, 0) is 0 Å². The molecule has 0 saturated heterocycles. The smallest absolute Gasteiger partial charge is 0.382 e. The summed E-state index contributed by atoms with van der Waals surface area (Å²) in [5.41, 5.74) is -0.492. The van der Waals surface area contributed by atoms with Gasteiger partial charge in [0.15, 0.2) is 6.10 Å². The van der Waals surface area contributed by atoms with Gasteiger partial charge in [-0.15, -0.1) is 0 Å². The maximum Gasteiger partial charge on any atom is 0.416 e. The van der Waals surface area contributed by atoms with E-state index >= 15 is 0 Å². The van der Waals surface area contributed by atoms with Crippen molar-refractivity contribution in [2.75, 3.05) is 11.9 Å². The number of nitrogens with one attached hydrogen (secondary N) is 2. The first-order valence-electron chi connectivity index (χ1n) is 3.93. The zero-order chi connectivity index (χ0) is 11.5. The number of rotatable bonds is 3. The molecule has 15 heavy (non-hydrogen) atoms. The van der Waals surface area contributed by atoms with Crippen LogP contribution in [0, 0.1) is 0 Å². The molecule has 0 aliphatic carbocycles. The Morgan fingerprint density at radius 3 is 2.80 bits per heavy atom. The van der Waals surface area contributed by atoms with Gasteiger partial charge in [-0.2, -0.15) is 13.2 Å². The number of anilines is 1. The summed E-state index contributed by atoms with van der Waals surface area (Å²) in [6, 6.07) is 0.989. The monoisotopic (exact) mass is 223 g/mol. The Morgan fingerprint density at radius 1 is 1.60 bits per heavy atom. The highest BCUT2D eigenvalue weighted by atomic mass is 19.4. The highest BCUT2D eigenvalue weighted by Gasteiger charge is 2.37. The zero-order valence-electron chi connectivity index (χ0n) is 7.38. The standard InChI is InChI=1S/C7H8F3N3O2/c8-7(9,10)4(14)2-11-5-1-6(15)13-3-12-5/h1,3-4,14H,2H2,(H2,11,12,13,15). The van der Waals surface area contributed by atoms with Crippen LogP contribution in [0.2, 0.25) is 0 Å². The Balaban J connectivity index is 2.54. The Labute approximate surface area is 82.0 Å². The topological polar surface area (TPSA) is 78.0 Å². The van der Waals surface area contributed by atoms with E-state index in [-0.39, 0.29) is 5.82 Å². The predicted octanol–water partition coefficient (Wildman–Crippen LogP) is 0.105. The fraction of sp³-hybridized carbons (Fsp3) is 0.429. The van der Waals surface area contributed by atoms with Gasteiger partial charge in [-0.05, 0) is 0 Å². The molecule has 1 unspecified atom stereocenters. The summed E-state index contributed by atoms with van der Waals surface area (Å²) in [6.07, 6.45) is -6.13. The average molecular weight is 223 g/mol. The zero-order valence-corrected chi connectivity index (χ0v) is 7.38. The number of aromatic nitrogens is 2. The van der Waals surface area contributed by atoms with Gasteiger partial charge in [-0.1, -0.05) is 0 Å². The molecular weight excluding hydrogens is 215 g/mol. The van der Waals surface area contributed by atoms with Crippen LogP contribution in [0.5, 0.6) is 0 Å². The summed E-state index contributed by atoms with van der Waals surface area (Å²) in [5, 5.41) is 10.8. The largest absolute Gasteiger partial charge is 0.416 e. The normalized spacial score (nSPS) is 13.6. The third-order valence-corrected chi connectivity index (χ3v) is 1.53. The van der Waals surface area contributed by atoms with Crippen molar-refractivity contribution in [2.45, 2.75) is 12.3 Å². The van der Waals surface area contributed by atoms with E-state index in [1.807, 2.05) is 0 Å². The predicted molar refractivity (Wildman–Crippen MR) is 45.4 cm³/mol. The molecule has 1 heterocycles. The van der Waals surface area contributed by atoms with E-state index in [9.17, 15) is 18.0 Å². The lowest BCUT2D eigenvalue weighted by Crippen LogP contribution is -2.35. The van der Waals surface area contributed by atoms with Crippen LogP contribution in [-0.4, -0.2) is 33.9 Å². The summed E-state index contributed by atoms with van der Waals surface area (Å²) < 4.78 is 35.6. The third-order valence-electron chi connectivity index (χ3n) is 1.53. The molecule has 5 nitrogen and oxygen atoms in total. The van der Waals surface area contributed by atoms with Gasteiger partial charge in [0.1, 0.15) is 5.82 Å². The lowest BCUT2D eigenvalue weighted by molar-refractivity contribution is -0.198. The molecule has 0 amide bonds. The van der Waals surface area contributed by atoms with Crippen molar-refractivity contribution >= 4 is 5.82 Å². The lowest BCUT2D eigenvalue weighted by Gasteiger charge is -2.14. The fourth-order valence-corrected chi connectivity index (χ4v) is 0.782. The fourth-order valence-electron chi connectivity index (χ4n) is 0.782. The molecule has 0 fully saturated rings. The quantitative estimate of drug-likeness (QED) is 0.679. The maximum atomic E-state index is 11.9. The first-order chi connectivity index (χ1) is 6.89. The Kier molecular flexibility index (Phi) is 3.30. The number of halogens is 3. The number of H-pyrrole nitrogens is 1. The van der Waals surface area contributed by atoms with Gasteiger partial charge in [0.25, 0.3) is 5.56 Å². The number of aliphatic hydroxyl groups excluding tert-OH is 1. The van der Waals surface area contributed by atoms with Crippen LogP contribution in [0.3, 0.4) is 0 Å². The molecule has 1 aromatic rings. The molecule has 84 valence electrons. The molecule has 0 radical (unpaired) electrons. The molecule has 0 aliphatic heterocycles. The SMILES string of the molecule is O=c1cc(NCC(O)C(F)(F)F)nc[nH]1. The van der Waals surface area contributed by atoms with Gasteiger partial charge in [-0.25, -0.2) is 4.98 Å². The molecule has 0 aliphatic rings. The third kappa shape index (κ3) is 3.58. The molecule has 1 rings (SSSR count). The summed E-state index contributed by atoms with van der Waals surface area (Å²) >= 11 is 0. The average Bonchev–Trinajstić information content (AvgIpc) is 2.12. The molecular formula is C7H8F3N3O2. The van der Waals surface area contributed by atoms with Gasteiger partial charge in [-0.3, -0.25) is 4.79 Å². The first-order valence-corrected chi connectivity index (χ1v) is 3.93. The van der Waals surface area contributed by atoms with E-state index in [2.05, 4.69) is 15.3 Å². The Morgan fingerprint density at radius 2 is 2.27 bits per heavy atom. The molecule has 0 bridgehead atoms. The van der Waals surface area contributed by atoms with Crippen LogP contribution in [0.25, 0.3) is 0 Å². The maximum absolute atomic E-state index is 11.9. The molecule has 1 atom stereocenters. The summed E-state index contributed by atoms with van der Waals surface area (Å²) in [4.78, 5) is 16.5. The van der Waals surface area contributed by atoms with Crippen molar-refractivity contribution in [1.82, 2.24) is 9.97 Å². The number of aliphatic hydroxyl groups is 1. The van der Waals surface area contributed by atoms with E-state index in [0.717, 1.165) is 12.4 Å². The molecule has 8 heteroatoms. The Bertz CT molecular complexity index is 376. The Hall–Kier alpha value is -1.57. The molecule has 0 spiro atoms. The van der Waals surface area contributed by atoms with Crippen LogP contribution in [0.4, 0.5) is 19.0 Å². The van der Waals surface area contributed by atoms with E-state index in [1.165, 1.54) is 0 Å². The van der Waals surface area contributed by atoms with E-state index in [4.69, 9.17) is 5.11 Å². The van der Waals surface area contributed by atoms with Gasteiger partial charge in [0, 0.05) is 6.07 Å². The van der Waals surface area contributed by atoms with Crippen molar-refractivity contribution in [1.29, 1.82) is 0 Å². The van der Waals surface area contributed by atoms with Crippen molar-refractivity contribution < 1.29 is 18.3 Å². The first kappa shape index (κ1) is 11.5. The van der Waals surface area contributed by atoms with Crippen molar-refractivity contribution in [3.05, 3.63) is 22.7 Å². The minimum Gasteiger partial charge on any atom is -0.382 e. The number of hydrogen-bond acceptors (Lipinski definition) is 4. The van der Waals surface area contributed by atoms with Gasteiger partial charge >= 0.3 is 6.18 Å². The minimum absolute atomic E-state index is 0.0259. The molecule has 0 saturated carbocycles. The molecule has 1 aromatic heterocycles. The number of nitrogens with zero attached hydrogens (tertiary/aromatic N) is 1. The highest BCUT2D eigenvalue weighted by molar-refractivity contribution is 5.31. The van der Waals surface area contributed by atoms with Crippen LogP contribution < -0.4 is 10.9 Å². The second-order valence-electron chi connectivity index (χ2n) is 2.73. The van der Waals surface area contributed by atoms with Gasteiger partial charge < -0.3 is 15.4 Å². The second kappa shape index (κ2) is 4.30. The number of hydrogen-bond donors (Lipinski definition) is 3. The lowest BCUT2D eigenvalue weighted by atomic mass is 10.3. The van der Waals surface area contributed by atoms with Crippen LogP contribution in [0.15, 0.2) is 17.2 Å². The number of alkyl halides is 3. The molecule has 0 aromatic carbocycles. The van der Waals surface area contributed by atoms with E-state index < -0.39 is 24.4 Å². The minimum atomic E-state index is -4.69. The van der Waals surface area contributed by atoms with Crippen LogP contribution >= 0.6 is 0 Å². The van der Waals surface area contributed by atoms with Gasteiger partial charge in [0.2, 0.25) is 0 Å². The van der Waals surface area contributed by atoms with Crippen molar-refractivity contribution in [3.8, 4) is 0 Å². The summed E-state index contributed by atoms with van der Waals surface area (Å²) in [5.74, 6) is -0.0259. The highest BCUT2D eigenvalue weighted by Crippen LogP contribution is 2.19. The number of aromatic amines is 1. The van der Waals surface area contributed by atoms with E-state index in [0.29, 0.717) is 0 Å². The van der Waals surface area contributed by atoms with E-state index in [1.54, 1.807) is 0 Å². The second-order valence-corrected chi connectivity index (χ2v) is 2.73. The summed E-state index contributed by atoms with van der Waals surface area (Å²) in [6.45, 7) is -0.750.